The fourth-order valence-corrected chi connectivity index (χ4v) is 2.61. The summed E-state index contributed by atoms with van der Waals surface area (Å²) in [6.45, 7) is 5.80. The number of phenolic OH excluding ortho intramolecular Hbond substituents is 1. The van der Waals surface area contributed by atoms with Crippen molar-refractivity contribution < 1.29 is 32.2 Å². The molecular formula is C19H18F4N2O3S. The third-order valence-corrected chi connectivity index (χ3v) is 4.20. The fourth-order valence-electron chi connectivity index (χ4n) is 2.41. The van der Waals surface area contributed by atoms with Crippen molar-refractivity contribution in [3.05, 3.63) is 52.6 Å². The number of hydrogen-bond donors (Lipinski definition) is 3. The minimum absolute atomic E-state index is 0.121. The number of nitrogens with one attached hydrogen (secondary N) is 2. The second-order valence-corrected chi connectivity index (χ2v) is 7.46. The van der Waals surface area contributed by atoms with Gasteiger partial charge in [0.05, 0.1) is 12.8 Å². The van der Waals surface area contributed by atoms with E-state index in [9.17, 15) is 27.5 Å². The lowest BCUT2D eigenvalue weighted by Gasteiger charge is -2.21. The second-order valence-electron chi connectivity index (χ2n) is 7.05. The summed E-state index contributed by atoms with van der Waals surface area (Å²) in [6, 6.07) is 4.67. The van der Waals surface area contributed by atoms with E-state index in [4.69, 9.17) is 12.2 Å². The third kappa shape index (κ3) is 4.58. The average molecular weight is 430 g/mol. The van der Waals surface area contributed by atoms with Gasteiger partial charge in [0, 0.05) is 0 Å². The smallest absolute Gasteiger partial charge is 0.263 e. The number of aromatic hydroxyl groups is 1. The van der Waals surface area contributed by atoms with Gasteiger partial charge in [-0.05, 0) is 35.3 Å². The Hall–Kier alpha value is -2.88. The molecule has 0 fully saturated rings. The van der Waals surface area contributed by atoms with Gasteiger partial charge in [0.15, 0.2) is 22.5 Å². The highest BCUT2D eigenvalue weighted by molar-refractivity contribution is 7.80. The van der Waals surface area contributed by atoms with Crippen molar-refractivity contribution in [1.82, 2.24) is 5.32 Å². The maximum atomic E-state index is 14.0. The van der Waals surface area contributed by atoms with E-state index in [1.54, 1.807) is 12.1 Å². The van der Waals surface area contributed by atoms with Gasteiger partial charge in [0.1, 0.15) is 11.3 Å². The first kappa shape index (κ1) is 22.4. The van der Waals surface area contributed by atoms with E-state index in [1.165, 1.54) is 6.07 Å². The number of carbonyl (C=O) groups is 1. The first-order valence-corrected chi connectivity index (χ1v) is 8.65. The highest BCUT2D eigenvalue weighted by Gasteiger charge is 2.30. The van der Waals surface area contributed by atoms with Crippen LogP contribution in [-0.2, 0) is 5.41 Å². The minimum Gasteiger partial charge on any atom is -0.506 e. The largest absolute Gasteiger partial charge is 0.506 e. The summed E-state index contributed by atoms with van der Waals surface area (Å²) in [5, 5.41) is 13.9. The number of ether oxygens (including phenoxy) is 1. The first-order chi connectivity index (χ1) is 13.4. The topological polar surface area (TPSA) is 70.6 Å². The lowest BCUT2D eigenvalue weighted by atomic mass is 9.87. The third-order valence-electron chi connectivity index (χ3n) is 3.99. The Bertz CT molecular complexity index is 961. The van der Waals surface area contributed by atoms with E-state index in [0.717, 1.165) is 12.7 Å². The summed E-state index contributed by atoms with van der Waals surface area (Å²) in [5.41, 5.74) is -0.823. The molecule has 156 valence electrons. The molecule has 29 heavy (non-hydrogen) atoms. The van der Waals surface area contributed by atoms with E-state index in [0.29, 0.717) is 0 Å². The summed E-state index contributed by atoms with van der Waals surface area (Å²) in [4.78, 5) is 12.1. The van der Waals surface area contributed by atoms with Gasteiger partial charge in [0.25, 0.3) is 5.91 Å². The number of halogens is 4. The van der Waals surface area contributed by atoms with E-state index < -0.39 is 45.6 Å². The van der Waals surface area contributed by atoms with Crippen LogP contribution in [0.3, 0.4) is 0 Å². The molecular weight excluding hydrogens is 412 g/mol. The molecule has 1 amide bonds. The van der Waals surface area contributed by atoms with Crippen LogP contribution in [-0.4, -0.2) is 23.2 Å². The number of methoxy groups -OCH3 is 1. The molecule has 0 saturated heterocycles. The summed E-state index contributed by atoms with van der Waals surface area (Å²) in [6.07, 6.45) is 0. The Labute approximate surface area is 169 Å². The molecule has 0 bridgehead atoms. The maximum absolute atomic E-state index is 14.0. The van der Waals surface area contributed by atoms with Crippen LogP contribution >= 0.6 is 12.2 Å². The summed E-state index contributed by atoms with van der Waals surface area (Å²) in [5.74, 6) is -10.6. The molecule has 0 aliphatic rings. The molecule has 5 nitrogen and oxygen atoms in total. The standard InChI is InChI=1S/C19H18F4N2O3S/c1-19(2,3)8-5-6-10(26)9(7-8)24-18(29)25-17(27)11-12(20)14(22)16(28-4)15(23)13(11)21/h5-7,26H,1-4H3,(H2,24,25,27,29). The van der Waals surface area contributed by atoms with Gasteiger partial charge in [-0.15, -0.1) is 0 Å². The number of amides is 1. The van der Waals surface area contributed by atoms with Crippen LogP contribution < -0.4 is 15.4 Å². The number of benzene rings is 2. The quantitative estimate of drug-likeness (QED) is 0.292. The zero-order chi connectivity index (χ0) is 22.1. The molecule has 0 saturated carbocycles. The molecule has 0 heterocycles. The monoisotopic (exact) mass is 430 g/mol. The summed E-state index contributed by atoms with van der Waals surface area (Å²) < 4.78 is 59.9. The SMILES string of the molecule is COc1c(F)c(F)c(C(=O)NC(=S)Nc2cc(C(C)(C)C)ccc2O)c(F)c1F. The van der Waals surface area contributed by atoms with Crippen molar-refractivity contribution in [1.29, 1.82) is 0 Å². The molecule has 2 aromatic carbocycles. The van der Waals surface area contributed by atoms with Crippen LogP contribution in [0.4, 0.5) is 23.2 Å². The van der Waals surface area contributed by atoms with Gasteiger partial charge in [0.2, 0.25) is 11.6 Å². The zero-order valence-electron chi connectivity index (χ0n) is 15.9. The van der Waals surface area contributed by atoms with Crippen LogP contribution in [0.2, 0.25) is 0 Å². The van der Waals surface area contributed by atoms with Crippen LogP contribution in [0.25, 0.3) is 0 Å². The number of thiocarbonyl (C=S) groups is 1. The predicted octanol–water partition coefficient (Wildman–Crippen LogP) is 4.38. The van der Waals surface area contributed by atoms with Gasteiger partial charge in [-0.3, -0.25) is 10.1 Å². The van der Waals surface area contributed by atoms with Gasteiger partial charge in [-0.25, -0.2) is 8.78 Å². The Kier molecular flexibility index (Phi) is 6.37. The number of rotatable bonds is 3. The number of phenols is 1. The van der Waals surface area contributed by atoms with Crippen molar-refractivity contribution in [2.24, 2.45) is 0 Å². The fraction of sp³-hybridized carbons (Fsp3) is 0.263. The molecule has 0 unspecified atom stereocenters. The lowest BCUT2D eigenvalue weighted by molar-refractivity contribution is 0.0966. The molecule has 0 aromatic heterocycles. The lowest BCUT2D eigenvalue weighted by Crippen LogP contribution is -2.35. The summed E-state index contributed by atoms with van der Waals surface area (Å²) in [7, 11) is 0.817. The minimum atomic E-state index is -1.93. The van der Waals surface area contributed by atoms with E-state index >= 15 is 0 Å². The molecule has 0 radical (unpaired) electrons. The Morgan fingerprint density at radius 2 is 1.62 bits per heavy atom. The highest BCUT2D eigenvalue weighted by Crippen LogP contribution is 2.31. The Morgan fingerprint density at radius 1 is 1.07 bits per heavy atom. The number of anilines is 1. The molecule has 2 rings (SSSR count). The Balaban J connectivity index is 2.29. The van der Waals surface area contributed by atoms with Crippen molar-refractivity contribution in [3.8, 4) is 11.5 Å². The molecule has 0 spiro atoms. The number of carbonyl (C=O) groups excluding carboxylic acids is 1. The average Bonchev–Trinajstić information content (AvgIpc) is 2.61. The van der Waals surface area contributed by atoms with Gasteiger partial charge in [-0.1, -0.05) is 26.8 Å². The van der Waals surface area contributed by atoms with Crippen molar-refractivity contribution >= 4 is 28.9 Å². The molecule has 3 N–H and O–H groups in total. The predicted molar refractivity (Wildman–Crippen MR) is 103 cm³/mol. The van der Waals surface area contributed by atoms with E-state index in [-0.39, 0.29) is 16.9 Å². The maximum Gasteiger partial charge on any atom is 0.263 e. The molecule has 0 aliphatic carbocycles. The molecule has 2 aromatic rings. The highest BCUT2D eigenvalue weighted by atomic mass is 32.1. The van der Waals surface area contributed by atoms with Gasteiger partial charge < -0.3 is 15.2 Å². The zero-order valence-corrected chi connectivity index (χ0v) is 16.7. The van der Waals surface area contributed by atoms with Crippen molar-refractivity contribution in [2.45, 2.75) is 26.2 Å². The van der Waals surface area contributed by atoms with Crippen LogP contribution in [0, 0.1) is 23.3 Å². The summed E-state index contributed by atoms with van der Waals surface area (Å²) >= 11 is 4.90. The molecule has 0 atom stereocenters. The van der Waals surface area contributed by atoms with E-state index in [2.05, 4.69) is 10.1 Å². The molecule has 0 aliphatic heterocycles. The normalized spacial score (nSPS) is 11.2. The van der Waals surface area contributed by atoms with Crippen molar-refractivity contribution in [3.63, 3.8) is 0 Å². The van der Waals surface area contributed by atoms with Crippen LogP contribution in [0.15, 0.2) is 18.2 Å². The first-order valence-electron chi connectivity index (χ1n) is 8.24. The Morgan fingerprint density at radius 3 is 2.10 bits per heavy atom. The van der Waals surface area contributed by atoms with E-state index in [1.807, 2.05) is 26.1 Å². The van der Waals surface area contributed by atoms with Gasteiger partial charge in [-0.2, -0.15) is 8.78 Å². The number of hydrogen-bond acceptors (Lipinski definition) is 4. The van der Waals surface area contributed by atoms with Crippen LogP contribution in [0.1, 0.15) is 36.7 Å². The van der Waals surface area contributed by atoms with Gasteiger partial charge >= 0.3 is 0 Å². The van der Waals surface area contributed by atoms with Crippen molar-refractivity contribution in [2.75, 3.05) is 12.4 Å². The van der Waals surface area contributed by atoms with Crippen LogP contribution in [0.5, 0.6) is 11.5 Å². The molecule has 10 heteroatoms. The second kappa shape index (κ2) is 8.24.